The predicted molar refractivity (Wildman–Crippen MR) is 220 cm³/mol. The smallest absolute Gasteiger partial charge is 0.393 e. The van der Waals surface area contributed by atoms with Crippen LogP contribution in [0.2, 0.25) is 0 Å². The number of aliphatic hydroxyl groups excluding tert-OH is 7. The summed E-state index contributed by atoms with van der Waals surface area (Å²) in [4.78, 5) is 23.3. The molecule has 8 atom stereocenters. The first-order valence-electron chi connectivity index (χ1n) is 21.9. The van der Waals surface area contributed by atoms with Crippen LogP contribution in [0.3, 0.4) is 0 Å². The fourth-order valence-electron chi connectivity index (χ4n) is 6.91. The van der Waals surface area contributed by atoms with Crippen molar-refractivity contribution >= 4 is 13.7 Å². The molecule has 1 saturated carbocycles. The Balaban J connectivity index is 2.43. The number of aliphatic hydroxyl groups is 7. The molecule has 1 fully saturated rings. The molecular weight excluding hydrogens is 741 g/mol. The van der Waals surface area contributed by atoms with Gasteiger partial charge in [-0.3, -0.25) is 13.8 Å². The summed E-state index contributed by atoms with van der Waals surface area (Å²) in [6, 6.07) is -1.25. The molecule has 0 aromatic carbocycles. The van der Waals surface area contributed by atoms with Gasteiger partial charge in [-0.1, -0.05) is 167 Å². The van der Waals surface area contributed by atoms with Gasteiger partial charge in [-0.05, 0) is 25.7 Å². The second-order valence-corrected chi connectivity index (χ2v) is 17.1. The van der Waals surface area contributed by atoms with Gasteiger partial charge in [0.25, 0.3) is 0 Å². The third-order valence-electron chi connectivity index (χ3n) is 10.5. The van der Waals surface area contributed by atoms with E-state index in [0.717, 1.165) is 44.9 Å². The molecule has 56 heavy (non-hydrogen) atoms. The molecule has 0 aromatic heterocycles. The number of hydrogen-bond donors (Lipinski definition) is 9. The van der Waals surface area contributed by atoms with Gasteiger partial charge in [-0.25, -0.2) is 4.57 Å². The van der Waals surface area contributed by atoms with Crippen LogP contribution in [-0.2, 0) is 18.4 Å². The zero-order valence-electron chi connectivity index (χ0n) is 34.5. The average molecular weight is 822 g/mol. The minimum Gasteiger partial charge on any atom is -0.393 e. The number of unbranched alkanes of at least 4 members (excludes halogenated alkanes) is 20. The third kappa shape index (κ3) is 24.6. The normalized spacial score (nSPS) is 24.4. The molecule has 8 unspecified atom stereocenters. The standard InChI is InChI=1S/C42H80NO12P/c1-3-5-7-9-11-12-13-14-15-16-17-18-19-20-21-22-24-25-27-29-33(44)31-36(46)43-34(35(45)30-28-26-23-10-8-6-4-2)32-54-56(52,53)55-42-40(50)38(48)37(47)39(49)41(42)51/h8,10,28,30,33-35,37-42,44-45,47-51H,3-7,9,11-27,29,31-32H2,1-2H3,(H,43,46)(H,52,53)/b10-8+,30-28+. The van der Waals surface area contributed by atoms with E-state index in [4.69, 9.17) is 9.05 Å². The first-order chi connectivity index (χ1) is 26.8. The zero-order chi connectivity index (χ0) is 41.6. The van der Waals surface area contributed by atoms with Crippen LogP contribution < -0.4 is 5.32 Å². The summed E-state index contributed by atoms with van der Waals surface area (Å²) in [6.07, 6.45) is 20.5. The molecule has 0 saturated heterocycles. The molecule has 1 amide bonds. The van der Waals surface area contributed by atoms with Crippen molar-refractivity contribution in [2.24, 2.45) is 0 Å². The van der Waals surface area contributed by atoms with Crippen LogP contribution in [0.5, 0.6) is 0 Å². The Morgan fingerprint density at radius 2 is 1.05 bits per heavy atom. The Hall–Kier alpha value is -1.22. The molecule has 9 N–H and O–H groups in total. The molecule has 13 nitrogen and oxygen atoms in total. The van der Waals surface area contributed by atoms with Crippen LogP contribution in [0, 0.1) is 0 Å². The maximum atomic E-state index is 12.9. The van der Waals surface area contributed by atoms with Crippen molar-refractivity contribution in [1.82, 2.24) is 5.32 Å². The van der Waals surface area contributed by atoms with Crippen molar-refractivity contribution in [3.63, 3.8) is 0 Å². The summed E-state index contributed by atoms with van der Waals surface area (Å²) in [7, 11) is -5.13. The maximum Gasteiger partial charge on any atom is 0.472 e. The van der Waals surface area contributed by atoms with Crippen molar-refractivity contribution in [3.8, 4) is 0 Å². The van der Waals surface area contributed by atoms with Crippen molar-refractivity contribution in [2.45, 2.75) is 229 Å². The van der Waals surface area contributed by atoms with Crippen LogP contribution in [0.15, 0.2) is 24.3 Å². The van der Waals surface area contributed by atoms with Gasteiger partial charge in [-0.15, -0.1) is 0 Å². The quantitative estimate of drug-likeness (QED) is 0.0192. The summed E-state index contributed by atoms with van der Waals surface area (Å²) < 4.78 is 22.7. The number of amides is 1. The molecule has 0 heterocycles. The number of carbonyl (C=O) groups is 1. The Kier molecular flexibility index (Phi) is 30.7. The van der Waals surface area contributed by atoms with Crippen LogP contribution in [0.25, 0.3) is 0 Å². The molecule has 0 radical (unpaired) electrons. The lowest BCUT2D eigenvalue weighted by Gasteiger charge is -2.41. The van der Waals surface area contributed by atoms with Crippen LogP contribution in [0.4, 0.5) is 0 Å². The molecule has 0 spiro atoms. The second kappa shape index (κ2) is 32.6. The first-order valence-corrected chi connectivity index (χ1v) is 23.4. The van der Waals surface area contributed by atoms with Crippen molar-refractivity contribution in [1.29, 1.82) is 0 Å². The van der Waals surface area contributed by atoms with E-state index in [0.29, 0.717) is 12.8 Å². The van der Waals surface area contributed by atoms with E-state index >= 15 is 0 Å². The fraction of sp³-hybridized carbons (Fsp3) is 0.881. The lowest BCUT2D eigenvalue weighted by atomic mass is 9.85. The fourth-order valence-corrected chi connectivity index (χ4v) is 7.88. The summed E-state index contributed by atoms with van der Waals surface area (Å²) in [5.41, 5.74) is 0. The molecule has 0 aliphatic heterocycles. The minimum absolute atomic E-state index is 0.250. The number of nitrogens with one attached hydrogen (secondary N) is 1. The van der Waals surface area contributed by atoms with Crippen molar-refractivity contribution in [2.75, 3.05) is 6.61 Å². The molecule has 1 aliphatic rings. The van der Waals surface area contributed by atoms with Gasteiger partial charge in [0.2, 0.25) is 5.91 Å². The lowest BCUT2D eigenvalue weighted by molar-refractivity contribution is -0.220. The van der Waals surface area contributed by atoms with Crippen LogP contribution in [0.1, 0.15) is 174 Å². The van der Waals surface area contributed by atoms with E-state index in [9.17, 15) is 50.0 Å². The van der Waals surface area contributed by atoms with Gasteiger partial charge in [0.15, 0.2) is 0 Å². The zero-order valence-corrected chi connectivity index (χ0v) is 35.4. The van der Waals surface area contributed by atoms with Crippen molar-refractivity contribution in [3.05, 3.63) is 24.3 Å². The summed E-state index contributed by atoms with van der Waals surface area (Å²) in [5, 5.41) is 74.0. The Morgan fingerprint density at radius 3 is 1.54 bits per heavy atom. The van der Waals surface area contributed by atoms with E-state index in [2.05, 4.69) is 25.2 Å². The number of allylic oxidation sites excluding steroid dienone is 3. The number of hydrogen-bond acceptors (Lipinski definition) is 11. The Morgan fingerprint density at radius 1 is 0.625 bits per heavy atom. The van der Waals surface area contributed by atoms with Gasteiger partial charge in [0.1, 0.15) is 36.6 Å². The number of carbonyl (C=O) groups excluding carboxylic acids is 1. The van der Waals surface area contributed by atoms with E-state index in [1.807, 2.05) is 6.08 Å². The number of rotatable bonds is 35. The van der Waals surface area contributed by atoms with Gasteiger partial charge < -0.3 is 46.0 Å². The number of phosphoric acid groups is 1. The van der Waals surface area contributed by atoms with Crippen molar-refractivity contribution < 1.29 is 59.0 Å². The highest BCUT2D eigenvalue weighted by Crippen LogP contribution is 2.47. The summed E-state index contributed by atoms with van der Waals surface area (Å²) in [5.74, 6) is -0.606. The summed E-state index contributed by atoms with van der Waals surface area (Å²) in [6.45, 7) is 3.59. The van der Waals surface area contributed by atoms with Crippen LogP contribution >= 0.6 is 7.82 Å². The molecular formula is C42H80NO12P. The van der Waals surface area contributed by atoms with E-state index in [-0.39, 0.29) is 6.42 Å². The monoisotopic (exact) mass is 822 g/mol. The SMILES string of the molecule is CCC/C=C/CC/C=C/C(O)C(COP(=O)(O)OC1C(O)C(O)C(O)C(O)C1O)NC(=O)CC(O)CCCCCCCCCCCCCCCCCCCCC. The molecule has 0 aromatic rings. The van der Waals surface area contributed by atoms with Gasteiger partial charge >= 0.3 is 7.82 Å². The Labute approximate surface area is 337 Å². The highest BCUT2D eigenvalue weighted by molar-refractivity contribution is 7.47. The average Bonchev–Trinajstić information content (AvgIpc) is 3.17. The highest BCUT2D eigenvalue weighted by Gasteiger charge is 2.51. The largest absolute Gasteiger partial charge is 0.472 e. The van der Waals surface area contributed by atoms with E-state index in [1.54, 1.807) is 6.08 Å². The summed E-state index contributed by atoms with van der Waals surface area (Å²) >= 11 is 0. The molecule has 330 valence electrons. The highest BCUT2D eigenvalue weighted by atomic mass is 31.2. The topological polar surface area (TPSA) is 226 Å². The third-order valence-corrected chi connectivity index (χ3v) is 11.5. The second-order valence-electron chi connectivity index (χ2n) is 15.7. The van der Waals surface area contributed by atoms with E-state index < -0.39 is 75.2 Å². The predicted octanol–water partition coefficient (Wildman–Crippen LogP) is 6.42. The van der Waals surface area contributed by atoms with Gasteiger partial charge in [0.05, 0.1) is 31.3 Å². The maximum absolute atomic E-state index is 12.9. The number of phosphoric ester groups is 1. The lowest BCUT2D eigenvalue weighted by Crippen LogP contribution is -2.64. The molecule has 14 heteroatoms. The minimum atomic E-state index is -5.13. The Bertz CT molecular complexity index is 1060. The van der Waals surface area contributed by atoms with E-state index in [1.165, 1.54) is 102 Å². The molecule has 0 bridgehead atoms. The van der Waals surface area contributed by atoms with Gasteiger partial charge in [-0.2, -0.15) is 0 Å². The molecule has 1 rings (SSSR count). The molecule has 1 aliphatic carbocycles. The first kappa shape index (κ1) is 52.8. The van der Waals surface area contributed by atoms with Gasteiger partial charge in [0, 0.05) is 0 Å². The van der Waals surface area contributed by atoms with Crippen LogP contribution in [-0.4, -0.2) is 108 Å².